The monoisotopic (exact) mass is 466 g/mol. The number of nitrogens with zero attached hydrogens (tertiary/aromatic N) is 2. The molecule has 1 aromatic heterocycles. The Hall–Kier alpha value is -2.57. The Morgan fingerprint density at radius 2 is 2.10 bits per heavy atom. The van der Waals surface area contributed by atoms with E-state index in [1.807, 2.05) is 24.3 Å². The van der Waals surface area contributed by atoms with Crippen molar-refractivity contribution in [1.82, 2.24) is 5.01 Å². The zero-order valence-corrected chi connectivity index (χ0v) is 18.0. The minimum absolute atomic E-state index is 0.148. The van der Waals surface area contributed by atoms with E-state index in [1.54, 1.807) is 17.4 Å². The maximum Gasteiger partial charge on any atom is 0.222 e. The molecule has 0 saturated carbocycles. The van der Waals surface area contributed by atoms with Crippen LogP contribution in [0.1, 0.15) is 34.7 Å². The van der Waals surface area contributed by atoms with Crippen LogP contribution in [0.2, 0.25) is 0 Å². The molecule has 4 nitrogen and oxygen atoms in total. The molecule has 3 heterocycles. The number of hydrogen-bond acceptors (Lipinski definition) is 5. The second-order valence-corrected chi connectivity index (χ2v) is 8.83. The quantitative estimate of drug-likeness (QED) is 0.412. The van der Waals surface area contributed by atoms with Crippen LogP contribution < -0.4 is 9.47 Å². The van der Waals surface area contributed by atoms with Gasteiger partial charge < -0.3 is 9.47 Å². The van der Waals surface area contributed by atoms with Gasteiger partial charge in [0.2, 0.25) is 6.23 Å². The van der Waals surface area contributed by atoms with Crippen LogP contribution in [-0.4, -0.2) is 17.3 Å². The maximum absolute atomic E-state index is 6.37. The lowest BCUT2D eigenvalue weighted by Crippen LogP contribution is -2.33. The molecule has 2 aliphatic rings. The molecule has 0 unspecified atom stereocenters. The third-order valence-electron chi connectivity index (χ3n) is 5.09. The van der Waals surface area contributed by atoms with Gasteiger partial charge in [0.25, 0.3) is 0 Å². The number of ether oxygens (including phenoxy) is 2. The summed E-state index contributed by atoms with van der Waals surface area (Å²) in [5, 5.41) is 9.18. The Balaban J connectivity index is 1.50. The third kappa shape index (κ3) is 3.47. The second-order valence-electron chi connectivity index (χ2n) is 6.94. The smallest absolute Gasteiger partial charge is 0.222 e. The average molecular weight is 467 g/mol. The Bertz CT molecular complexity index is 1060. The predicted octanol–water partition coefficient (Wildman–Crippen LogP) is 6.32. The van der Waals surface area contributed by atoms with Gasteiger partial charge in [0.05, 0.1) is 16.6 Å². The molecular weight excluding hydrogens is 448 g/mol. The number of thiophene rings is 1. The van der Waals surface area contributed by atoms with Crippen molar-refractivity contribution in [3.63, 3.8) is 0 Å². The summed E-state index contributed by atoms with van der Waals surface area (Å²) in [7, 11) is 0. The summed E-state index contributed by atoms with van der Waals surface area (Å²) in [6, 6.07) is 18.6. The molecule has 5 rings (SSSR count). The molecule has 6 heteroatoms. The van der Waals surface area contributed by atoms with E-state index in [4.69, 9.17) is 14.6 Å². The van der Waals surface area contributed by atoms with E-state index in [9.17, 15) is 0 Å². The highest BCUT2D eigenvalue weighted by molar-refractivity contribution is 9.10. The van der Waals surface area contributed by atoms with Gasteiger partial charge in [0, 0.05) is 16.5 Å². The van der Waals surface area contributed by atoms with Gasteiger partial charge in [-0.15, -0.1) is 11.3 Å². The highest BCUT2D eigenvalue weighted by Crippen LogP contribution is 2.48. The number of rotatable bonds is 5. The first-order valence-electron chi connectivity index (χ1n) is 9.42. The van der Waals surface area contributed by atoms with Crippen LogP contribution in [-0.2, 0) is 0 Å². The van der Waals surface area contributed by atoms with Crippen molar-refractivity contribution in [2.45, 2.75) is 18.7 Å². The van der Waals surface area contributed by atoms with Crippen molar-refractivity contribution >= 4 is 33.0 Å². The largest absolute Gasteiger partial charge is 0.490 e. The van der Waals surface area contributed by atoms with Crippen molar-refractivity contribution < 1.29 is 9.47 Å². The van der Waals surface area contributed by atoms with E-state index >= 15 is 0 Å². The number of fused-ring (bicyclic) bond motifs is 3. The van der Waals surface area contributed by atoms with Gasteiger partial charge in [-0.1, -0.05) is 34.7 Å². The Morgan fingerprint density at radius 3 is 2.86 bits per heavy atom. The second kappa shape index (κ2) is 7.69. The van der Waals surface area contributed by atoms with Gasteiger partial charge in [0.1, 0.15) is 18.1 Å². The standard InChI is InChI=1S/C23H19BrN2O2S/c1-2-11-27-17-8-5-15(6-9-17)19-14-20-18-13-16(24)7-10-21(18)28-23(26(20)25-19)22-4-3-12-29-22/h2-10,12-13,20,23H,1,11,14H2/t20-,23-/m1/s1. The van der Waals surface area contributed by atoms with Crippen LogP contribution in [0.3, 0.4) is 0 Å². The van der Waals surface area contributed by atoms with Crippen molar-refractivity contribution in [1.29, 1.82) is 0 Å². The van der Waals surface area contributed by atoms with E-state index in [0.29, 0.717) is 6.61 Å². The van der Waals surface area contributed by atoms with Crippen molar-refractivity contribution in [3.8, 4) is 11.5 Å². The molecule has 0 aliphatic carbocycles. The van der Waals surface area contributed by atoms with Gasteiger partial charge in [-0.25, -0.2) is 5.01 Å². The van der Waals surface area contributed by atoms with Gasteiger partial charge in [-0.3, -0.25) is 0 Å². The number of hydrogen-bond donors (Lipinski definition) is 0. The minimum atomic E-state index is -0.207. The maximum atomic E-state index is 6.37. The zero-order chi connectivity index (χ0) is 19.8. The average Bonchev–Trinajstić information content (AvgIpc) is 3.42. The molecular formula is C23H19BrN2O2S. The van der Waals surface area contributed by atoms with E-state index < -0.39 is 0 Å². The molecule has 0 fully saturated rings. The normalized spacial score (nSPS) is 19.8. The molecule has 2 atom stereocenters. The van der Waals surface area contributed by atoms with Crippen LogP contribution in [0.15, 0.2) is 82.2 Å². The molecule has 0 bridgehead atoms. The van der Waals surface area contributed by atoms with Crippen LogP contribution in [0.5, 0.6) is 11.5 Å². The summed E-state index contributed by atoms with van der Waals surface area (Å²) >= 11 is 5.29. The molecule has 29 heavy (non-hydrogen) atoms. The molecule has 0 saturated heterocycles. The van der Waals surface area contributed by atoms with Gasteiger partial charge in [-0.05, 0) is 59.5 Å². The summed E-state index contributed by atoms with van der Waals surface area (Å²) < 4.78 is 13.0. The van der Waals surface area contributed by atoms with Crippen LogP contribution in [0.25, 0.3) is 0 Å². The van der Waals surface area contributed by atoms with Crippen molar-refractivity contribution in [3.05, 3.63) is 93.1 Å². The van der Waals surface area contributed by atoms with E-state index in [-0.39, 0.29) is 12.3 Å². The zero-order valence-electron chi connectivity index (χ0n) is 15.6. The summed E-state index contributed by atoms with van der Waals surface area (Å²) in [5.41, 5.74) is 3.33. The number of benzene rings is 2. The lowest BCUT2D eigenvalue weighted by atomic mass is 9.96. The Kier molecular flexibility index (Phi) is 4.89. The SMILES string of the molecule is C=CCOc1ccc(C2=NN3[C@H](C2)c2cc(Br)ccc2O[C@@H]3c2cccs2)cc1. The molecule has 0 spiro atoms. The third-order valence-corrected chi connectivity index (χ3v) is 6.49. The van der Waals surface area contributed by atoms with E-state index in [0.717, 1.165) is 44.1 Å². The molecule has 146 valence electrons. The number of hydrazone groups is 1. The fourth-order valence-electron chi connectivity index (χ4n) is 3.75. The summed E-state index contributed by atoms with van der Waals surface area (Å²) in [6.07, 6.45) is 2.37. The minimum Gasteiger partial charge on any atom is -0.490 e. The van der Waals surface area contributed by atoms with Crippen molar-refractivity contribution in [2.75, 3.05) is 6.61 Å². The molecule has 0 N–H and O–H groups in total. The lowest BCUT2D eigenvalue weighted by Gasteiger charge is -2.37. The highest BCUT2D eigenvalue weighted by Gasteiger charge is 2.41. The van der Waals surface area contributed by atoms with Crippen LogP contribution in [0.4, 0.5) is 0 Å². The lowest BCUT2D eigenvalue weighted by molar-refractivity contribution is -0.0166. The predicted molar refractivity (Wildman–Crippen MR) is 120 cm³/mol. The first kappa shape index (κ1) is 18.5. The Morgan fingerprint density at radius 1 is 1.24 bits per heavy atom. The molecule has 2 aromatic carbocycles. The first-order chi connectivity index (χ1) is 14.2. The van der Waals surface area contributed by atoms with Crippen molar-refractivity contribution in [2.24, 2.45) is 5.10 Å². The fourth-order valence-corrected chi connectivity index (χ4v) is 4.87. The fraction of sp³-hybridized carbons (Fsp3) is 0.174. The van der Waals surface area contributed by atoms with E-state index in [2.05, 4.69) is 63.2 Å². The molecule has 0 amide bonds. The molecule has 2 aliphatic heterocycles. The topological polar surface area (TPSA) is 34.1 Å². The van der Waals surface area contributed by atoms with Crippen LogP contribution >= 0.6 is 27.3 Å². The summed E-state index contributed by atoms with van der Waals surface area (Å²) in [6.45, 7) is 4.19. The van der Waals surface area contributed by atoms with Gasteiger partial charge in [-0.2, -0.15) is 5.10 Å². The molecule has 3 aromatic rings. The highest BCUT2D eigenvalue weighted by atomic mass is 79.9. The summed E-state index contributed by atoms with van der Waals surface area (Å²) in [4.78, 5) is 1.15. The van der Waals surface area contributed by atoms with Gasteiger partial charge in [0.15, 0.2) is 0 Å². The van der Waals surface area contributed by atoms with Crippen LogP contribution in [0, 0.1) is 0 Å². The Labute approximate surface area is 182 Å². The van der Waals surface area contributed by atoms with E-state index in [1.165, 1.54) is 0 Å². The number of halogens is 1. The first-order valence-corrected chi connectivity index (χ1v) is 11.1. The van der Waals surface area contributed by atoms with Gasteiger partial charge >= 0.3 is 0 Å². The molecule has 0 radical (unpaired) electrons. The summed E-state index contributed by atoms with van der Waals surface area (Å²) in [5.74, 6) is 1.76.